The number of aromatic nitrogens is 4. The highest BCUT2D eigenvalue weighted by molar-refractivity contribution is 5.76. The topological polar surface area (TPSA) is 88.1 Å². The quantitative estimate of drug-likeness (QED) is 0.638. The highest BCUT2D eigenvalue weighted by atomic mass is 16.5. The normalized spacial score (nSPS) is 13.9. The van der Waals surface area contributed by atoms with E-state index in [9.17, 15) is 14.4 Å². The molecule has 1 aliphatic carbocycles. The Morgan fingerprint density at radius 3 is 2.56 bits per heavy atom. The summed E-state index contributed by atoms with van der Waals surface area (Å²) in [5.41, 5.74) is 1.35. The fourth-order valence-corrected chi connectivity index (χ4v) is 3.20. The monoisotopic (exact) mass is 368 g/mol. The van der Waals surface area contributed by atoms with Crippen LogP contribution in [0.5, 0.6) is 0 Å². The lowest BCUT2D eigenvalue weighted by Gasteiger charge is -2.12. The Labute approximate surface area is 154 Å². The number of hydrogen-bond donors (Lipinski definition) is 0. The van der Waals surface area contributed by atoms with Crippen LogP contribution in [0.2, 0.25) is 0 Å². The SMILES string of the molecule is CCOC(=O)Cn1cnc2c1c(=O)n(C1CC1)c(=O)n2-c1ccc(C)cc1. The van der Waals surface area contributed by atoms with Crippen molar-refractivity contribution in [3.63, 3.8) is 0 Å². The molecule has 0 radical (unpaired) electrons. The van der Waals surface area contributed by atoms with Crippen molar-refractivity contribution in [2.24, 2.45) is 0 Å². The minimum atomic E-state index is -0.456. The number of hydrogen-bond acceptors (Lipinski definition) is 5. The van der Waals surface area contributed by atoms with E-state index in [-0.39, 0.29) is 30.4 Å². The van der Waals surface area contributed by atoms with Crippen molar-refractivity contribution >= 4 is 17.1 Å². The fourth-order valence-electron chi connectivity index (χ4n) is 3.20. The molecule has 1 aromatic carbocycles. The summed E-state index contributed by atoms with van der Waals surface area (Å²) in [5.74, 6) is -0.456. The van der Waals surface area contributed by atoms with Crippen molar-refractivity contribution in [3.8, 4) is 5.69 Å². The molecule has 0 unspecified atom stereocenters. The molecular weight excluding hydrogens is 348 g/mol. The van der Waals surface area contributed by atoms with Gasteiger partial charge in [0, 0.05) is 6.04 Å². The third-order valence-electron chi connectivity index (χ3n) is 4.66. The van der Waals surface area contributed by atoms with E-state index < -0.39 is 17.2 Å². The van der Waals surface area contributed by atoms with Crippen molar-refractivity contribution < 1.29 is 9.53 Å². The number of imidazole rings is 1. The van der Waals surface area contributed by atoms with E-state index in [4.69, 9.17) is 4.74 Å². The molecule has 4 rings (SSSR count). The number of benzene rings is 1. The third-order valence-corrected chi connectivity index (χ3v) is 4.66. The first-order chi connectivity index (χ1) is 13.0. The minimum Gasteiger partial charge on any atom is -0.465 e. The second kappa shape index (κ2) is 6.53. The smallest absolute Gasteiger partial charge is 0.337 e. The van der Waals surface area contributed by atoms with E-state index in [1.807, 2.05) is 31.2 Å². The van der Waals surface area contributed by atoms with Crippen LogP contribution >= 0.6 is 0 Å². The second-order valence-electron chi connectivity index (χ2n) is 6.71. The van der Waals surface area contributed by atoms with Gasteiger partial charge < -0.3 is 9.30 Å². The molecule has 0 spiro atoms. The van der Waals surface area contributed by atoms with Crippen molar-refractivity contribution in [2.75, 3.05) is 6.61 Å². The molecular formula is C19H20N4O4. The zero-order valence-electron chi connectivity index (χ0n) is 15.2. The Bertz CT molecular complexity index is 1130. The Hall–Kier alpha value is -3.16. The molecule has 0 aliphatic heterocycles. The van der Waals surface area contributed by atoms with Crippen LogP contribution in [-0.4, -0.2) is 31.3 Å². The Balaban J connectivity index is 1.98. The molecule has 140 valence electrons. The lowest BCUT2D eigenvalue weighted by atomic mass is 10.2. The molecule has 1 saturated carbocycles. The van der Waals surface area contributed by atoms with Crippen molar-refractivity contribution in [2.45, 2.75) is 39.3 Å². The van der Waals surface area contributed by atoms with E-state index in [0.29, 0.717) is 5.69 Å². The summed E-state index contributed by atoms with van der Waals surface area (Å²) in [4.78, 5) is 42.3. The molecule has 1 aliphatic rings. The highest BCUT2D eigenvalue weighted by Crippen LogP contribution is 2.32. The predicted molar refractivity (Wildman–Crippen MR) is 99.2 cm³/mol. The van der Waals surface area contributed by atoms with Gasteiger partial charge in [-0.3, -0.25) is 14.2 Å². The van der Waals surface area contributed by atoms with Gasteiger partial charge in [-0.1, -0.05) is 17.7 Å². The Morgan fingerprint density at radius 2 is 1.93 bits per heavy atom. The Morgan fingerprint density at radius 1 is 1.22 bits per heavy atom. The first kappa shape index (κ1) is 17.3. The minimum absolute atomic E-state index is 0.1000. The molecule has 8 nitrogen and oxygen atoms in total. The number of aryl methyl sites for hydroxylation is 1. The number of nitrogens with zero attached hydrogens (tertiary/aromatic N) is 4. The third kappa shape index (κ3) is 2.97. The molecule has 2 heterocycles. The number of esters is 1. The van der Waals surface area contributed by atoms with Crippen LogP contribution in [-0.2, 0) is 16.1 Å². The van der Waals surface area contributed by atoms with Crippen LogP contribution in [0.15, 0.2) is 40.2 Å². The summed E-state index contributed by atoms with van der Waals surface area (Å²) in [6.45, 7) is 3.81. The summed E-state index contributed by atoms with van der Waals surface area (Å²) < 4.78 is 9.16. The molecule has 0 saturated heterocycles. The van der Waals surface area contributed by atoms with Crippen LogP contribution in [0.1, 0.15) is 31.4 Å². The molecule has 8 heteroatoms. The van der Waals surface area contributed by atoms with Gasteiger partial charge in [0.25, 0.3) is 5.56 Å². The lowest BCUT2D eigenvalue weighted by Crippen LogP contribution is -2.39. The molecule has 0 amide bonds. The van der Waals surface area contributed by atoms with Crippen LogP contribution in [0.4, 0.5) is 0 Å². The number of carbonyl (C=O) groups is 1. The molecule has 0 bridgehead atoms. The molecule has 27 heavy (non-hydrogen) atoms. The van der Waals surface area contributed by atoms with Crippen LogP contribution < -0.4 is 11.2 Å². The van der Waals surface area contributed by atoms with Crippen LogP contribution in [0, 0.1) is 6.92 Å². The summed E-state index contributed by atoms with van der Waals surface area (Å²) in [7, 11) is 0. The maximum absolute atomic E-state index is 13.1. The van der Waals surface area contributed by atoms with Gasteiger partial charge in [-0.05, 0) is 38.8 Å². The number of fused-ring (bicyclic) bond motifs is 1. The van der Waals surface area contributed by atoms with Crippen LogP contribution in [0.3, 0.4) is 0 Å². The summed E-state index contributed by atoms with van der Waals surface area (Å²) in [5, 5.41) is 0. The van der Waals surface area contributed by atoms with E-state index in [2.05, 4.69) is 4.98 Å². The van der Waals surface area contributed by atoms with E-state index in [1.54, 1.807) is 6.92 Å². The predicted octanol–water partition coefficient (Wildman–Crippen LogP) is 1.56. The van der Waals surface area contributed by atoms with Gasteiger partial charge >= 0.3 is 11.7 Å². The maximum Gasteiger partial charge on any atom is 0.337 e. The zero-order valence-corrected chi connectivity index (χ0v) is 15.2. The highest BCUT2D eigenvalue weighted by Gasteiger charge is 2.30. The molecule has 3 aromatic rings. The van der Waals surface area contributed by atoms with Gasteiger partial charge in [-0.2, -0.15) is 0 Å². The maximum atomic E-state index is 13.1. The van der Waals surface area contributed by atoms with E-state index in [1.165, 1.54) is 20.0 Å². The van der Waals surface area contributed by atoms with Gasteiger partial charge in [0.05, 0.1) is 18.6 Å². The van der Waals surface area contributed by atoms with Crippen molar-refractivity contribution in [1.82, 2.24) is 18.7 Å². The van der Waals surface area contributed by atoms with Gasteiger partial charge in [0.2, 0.25) is 0 Å². The summed E-state index contributed by atoms with van der Waals surface area (Å²) >= 11 is 0. The fraction of sp³-hybridized carbons (Fsp3) is 0.368. The van der Waals surface area contributed by atoms with Gasteiger partial charge in [0.1, 0.15) is 6.54 Å². The molecule has 1 fully saturated rings. The number of rotatable bonds is 5. The van der Waals surface area contributed by atoms with E-state index >= 15 is 0 Å². The lowest BCUT2D eigenvalue weighted by molar-refractivity contribution is -0.143. The molecule has 2 aromatic heterocycles. The largest absolute Gasteiger partial charge is 0.465 e. The average molecular weight is 368 g/mol. The van der Waals surface area contributed by atoms with Gasteiger partial charge in [-0.25, -0.2) is 14.3 Å². The number of carbonyl (C=O) groups excluding carboxylic acids is 1. The Kier molecular flexibility index (Phi) is 4.18. The number of ether oxygens (including phenoxy) is 1. The first-order valence-corrected chi connectivity index (χ1v) is 8.96. The molecule has 0 N–H and O–H groups in total. The average Bonchev–Trinajstić information content (AvgIpc) is 3.37. The summed E-state index contributed by atoms with van der Waals surface area (Å²) in [6, 6.07) is 7.34. The van der Waals surface area contributed by atoms with Gasteiger partial charge in [0.15, 0.2) is 11.2 Å². The van der Waals surface area contributed by atoms with Crippen molar-refractivity contribution in [3.05, 3.63) is 57.0 Å². The zero-order chi connectivity index (χ0) is 19.1. The summed E-state index contributed by atoms with van der Waals surface area (Å²) in [6.07, 6.45) is 2.99. The molecule has 0 atom stereocenters. The first-order valence-electron chi connectivity index (χ1n) is 8.96. The van der Waals surface area contributed by atoms with Crippen molar-refractivity contribution in [1.29, 1.82) is 0 Å². The van der Waals surface area contributed by atoms with Crippen LogP contribution in [0.25, 0.3) is 16.9 Å². The standard InChI is InChI=1S/C19H20N4O4/c1-3-27-15(24)10-21-11-20-17-16(21)18(25)23(14-8-9-14)19(26)22(17)13-6-4-12(2)5-7-13/h4-7,11,14H,3,8-10H2,1-2H3. The second-order valence-corrected chi connectivity index (χ2v) is 6.71. The van der Waals surface area contributed by atoms with Gasteiger partial charge in [-0.15, -0.1) is 0 Å². The van der Waals surface area contributed by atoms with E-state index in [0.717, 1.165) is 18.4 Å².